The van der Waals surface area contributed by atoms with E-state index in [1.54, 1.807) is 6.20 Å². The standard InChI is InChI=1S/C14H18N4O/c1-9-4-3-7-16-12(9)13-17-14(19-18-13)10-5-2-6-11(15)8-10/h3-4,7,10-11H,2,5-6,8,15H2,1H3. The predicted molar refractivity (Wildman–Crippen MR) is 71.5 cm³/mol. The molecule has 2 aromatic rings. The summed E-state index contributed by atoms with van der Waals surface area (Å²) < 4.78 is 5.41. The van der Waals surface area contributed by atoms with Gasteiger partial charge in [-0.3, -0.25) is 4.98 Å². The number of pyridine rings is 1. The molecule has 0 amide bonds. The fraction of sp³-hybridized carbons (Fsp3) is 0.500. The number of hydrogen-bond acceptors (Lipinski definition) is 5. The molecule has 0 bridgehead atoms. The van der Waals surface area contributed by atoms with E-state index in [1.165, 1.54) is 0 Å². The molecule has 2 aromatic heterocycles. The molecule has 0 saturated heterocycles. The number of aryl methyl sites for hydroxylation is 1. The van der Waals surface area contributed by atoms with E-state index >= 15 is 0 Å². The van der Waals surface area contributed by atoms with Crippen molar-refractivity contribution < 1.29 is 4.52 Å². The summed E-state index contributed by atoms with van der Waals surface area (Å²) >= 11 is 0. The lowest BCUT2D eigenvalue weighted by molar-refractivity contribution is 0.299. The molecule has 19 heavy (non-hydrogen) atoms. The third-order valence-corrected chi connectivity index (χ3v) is 3.73. The number of rotatable bonds is 2. The molecule has 5 nitrogen and oxygen atoms in total. The number of nitrogens with zero attached hydrogens (tertiary/aromatic N) is 3. The Kier molecular flexibility index (Phi) is 3.29. The Morgan fingerprint density at radius 2 is 2.26 bits per heavy atom. The summed E-state index contributed by atoms with van der Waals surface area (Å²) in [7, 11) is 0. The van der Waals surface area contributed by atoms with Crippen LogP contribution in [-0.2, 0) is 0 Å². The molecule has 0 aromatic carbocycles. The van der Waals surface area contributed by atoms with Gasteiger partial charge in [0.2, 0.25) is 11.7 Å². The van der Waals surface area contributed by atoms with Gasteiger partial charge in [0, 0.05) is 18.2 Å². The Hall–Kier alpha value is -1.75. The van der Waals surface area contributed by atoms with Crippen LogP contribution < -0.4 is 5.73 Å². The van der Waals surface area contributed by atoms with Crippen LogP contribution in [0.5, 0.6) is 0 Å². The first-order valence-corrected chi connectivity index (χ1v) is 6.75. The van der Waals surface area contributed by atoms with Gasteiger partial charge >= 0.3 is 0 Å². The van der Waals surface area contributed by atoms with Gasteiger partial charge in [0.15, 0.2) is 0 Å². The predicted octanol–water partition coefficient (Wildman–Crippen LogP) is 2.42. The topological polar surface area (TPSA) is 77.8 Å². The van der Waals surface area contributed by atoms with Crippen LogP contribution >= 0.6 is 0 Å². The maximum atomic E-state index is 6.00. The second kappa shape index (κ2) is 5.09. The summed E-state index contributed by atoms with van der Waals surface area (Å²) in [5.41, 5.74) is 7.84. The largest absolute Gasteiger partial charge is 0.339 e. The normalized spacial score (nSPS) is 23.5. The van der Waals surface area contributed by atoms with Crippen LogP contribution in [0.2, 0.25) is 0 Å². The highest BCUT2D eigenvalue weighted by atomic mass is 16.5. The van der Waals surface area contributed by atoms with Crippen LogP contribution in [0.4, 0.5) is 0 Å². The van der Waals surface area contributed by atoms with Crippen molar-refractivity contribution in [1.82, 2.24) is 15.1 Å². The van der Waals surface area contributed by atoms with Crippen LogP contribution in [0, 0.1) is 6.92 Å². The molecule has 5 heteroatoms. The lowest BCUT2D eigenvalue weighted by Gasteiger charge is -2.23. The zero-order valence-electron chi connectivity index (χ0n) is 11.0. The molecular formula is C14H18N4O. The maximum absolute atomic E-state index is 6.00. The van der Waals surface area contributed by atoms with Crippen molar-refractivity contribution in [3.05, 3.63) is 29.8 Å². The molecule has 2 unspecified atom stereocenters. The molecule has 2 heterocycles. The average Bonchev–Trinajstić information content (AvgIpc) is 2.89. The van der Waals surface area contributed by atoms with Crippen molar-refractivity contribution in [1.29, 1.82) is 0 Å². The summed E-state index contributed by atoms with van der Waals surface area (Å²) in [6.07, 6.45) is 5.98. The summed E-state index contributed by atoms with van der Waals surface area (Å²) in [5.74, 6) is 1.58. The lowest BCUT2D eigenvalue weighted by Crippen LogP contribution is -2.26. The molecule has 0 radical (unpaired) electrons. The van der Waals surface area contributed by atoms with E-state index in [1.807, 2.05) is 19.1 Å². The van der Waals surface area contributed by atoms with E-state index in [9.17, 15) is 0 Å². The van der Waals surface area contributed by atoms with Gasteiger partial charge in [-0.2, -0.15) is 4.98 Å². The monoisotopic (exact) mass is 258 g/mol. The minimum absolute atomic E-state index is 0.255. The smallest absolute Gasteiger partial charge is 0.230 e. The van der Waals surface area contributed by atoms with Gasteiger partial charge < -0.3 is 10.3 Å². The van der Waals surface area contributed by atoms with Gasteiger partial charge in [0.05, 0.1) is 0 Å². The highest BCUT2D eigenvalue weighted by Gasteiger charge is 2.26. The zero-order chi connectivity index (χ0) is 13.2. The Labute approximate surface area is 112 Å². The summed E-state index contributed by atoms with van der Waals surface area (Å²) in [6, 6.07) is 4.15. The van der Waals surface area contributed by atoms with Crippen LogP contribution in [-0.4, -0.2) is 21.2 Å². The van der Waals surface area contributed by atoms with E-state index in [0.29, 0.717) is 17.6 Å². The summed E-state index contributed by atoms with van der Waals surface area (Å²) in [4.78, 5) is 8.82. The van der Waals surface area contributed by atoms with Gasteiger partial charge in [0.25, 0.3) is 0 Å². The van der Waals surface area contributed by atoms with Crippen molar-refractivity contribution in [2.45, 2.75) is 44.6 Å². The van der Waals surface area contributed by atoms with Crippen LogP contribution in [0.25, 0.3) is 11.5 Å². The van der Waals surface area contributed by atoms with E-state index in [0.717, 1.165) is 36.9 Å². The average molecular weight is 258 g/mol. The first-order chi connectivity index (χ1) is 9.24. The Morgan fingerprint density at radius 1 is 1.37 bits per heavy atom. The van der Waals surface area contributed by atoms with Gasteiger partial charge in [-0.25, -0.2) is 0 Å². The van der Waals surface area contributed by atoms with Gasteiger partial charge in [-0.1, -0.05) is 17.6 Å². The molecule has 0 aliphatic heterocycles. The number of nitrogens with two attached hydrogens (primary N) is 1. The van der Waals surface area contributed by atoms with Crippen LogP contribution in [0.15, 0.2) is 22.9 Å². The highest BCUT2D eigenvalue weighted by molar-refractivity contribution is 5.53. The van der Waals surface area contributed by atoms with Crippen molar-refractivity contribution in [2.24, 2.45) is 5.73 Å². The quantitative estimate of drug-likeness (QED) is 0.895. The van der Waals surface area contributed by atoms with Crippen molar-refractivity contribution in [2.75, 3.05) is 0 Å². The second-order valence-corrected chi connectivity index (χ2v) is 5.25. The number of aromatic nitrogens is 3. The fourth-order valence-corrected chi connectivity index (χ4v) is 2.67. The SMILES string of the molecule is Cc1cccnc1-c1noc(C2CCCC(N)C2)n1. The first kappa shape index (κ1) is 12.3. The fourth-order valence-electron chi connectivity index (χ4n) is 2.67. The third-order valence-electron chi connectivity index (χ3n) is 3.73. The van der Waals surface area contributed by atoms with Gasteiger partial charge in [-0.15, -0.1) is 0 Å². The molecule has 1 saturated carbocycles. The van der Waals surface area contributed by atoms with Crippen LogP contribution in [0.1, 0.15) is 43.1 Å². The maximum Gasteiger partial charge on any atom is 0.230 e. The first-order valence-electron chi connectivity index (χ1n) is 6.75. The molecule has 100 valence electrons. The number of hydrogen-bond donors (Lipinski definition) is 1. The minimum Gasteiger partial charge on any atom is -0.339 e. The van der Waals surface area contributed by atoms with Crippen molar-refractivity contribution in [3.8, 4) is 11.5 Å². The van der Waals surface area contributed by atoms with E-state index in [2.05, 4.69) is 15.1 Å². The molecular weight excluding hydrogens is 240 g/mol. The van der Waals surface area contributed by atoms with E-state index in [-0.39, 0.29) is 6.04 Å². The Bertz CT molecular complexity index is 566. The van der Waals surface area contributed by atoms with Crippen LogP contribution in [0.3, 0.4) is 0 Å². The third kappa shape index (κ3) is 2.51. The molecule has 1 aliphatic carbocycles. The van der Waals surface area contributed by atoms with E-state index in [4.69, 9.17) is 10.3 Å². The van der Waals surface area contributed by atoms with E-state index < -0.39 is 0 Å². The molecule has 3 rings (SSSR count). The Balaban J connectivity index is 1.85. The lowest BCUT2D eigenvalue weighted by atomic mass is 9.86. The highest BCUT2D eigenvalue weighted by Crippen LogP contribution is 2.32. The van der Waals surface area contributed by atoms with Crippen molar-refractivity contribution >= 4 is 0 Å². The van der Waals surface area contributed by atoms with Crippen molar-refractivity contribution in [3.63, 3.8) is 0 Å². The van der Waals surface area contributed by atoms with Gasteiger partial charge in [0.1, 0.15) is 5.69 Å². The molecule has 1 aliphatic rings. The molecule has 0 spiro atoms. The molecule has 2 atom stereocenters. The minimum atomic E-state index is 0.255. The summed E-state index contributed by atoms with van der Waals surface area (Å²) in [5, 5.41) is 4.06. The Morgan fingerprint density at radius 3 is 3.05 bits per heavy atom. The second-order valence-electron chi connectivity index (χ2n) is 5.25. The molecule has 1 fully saturated rings. The zero-order valence-corrected chi connectivity index (χ0v) is 11.0. The van der Waals surface area contributed by atoms with Gasteiger partial charge in [-0.05, 0) is 37.8 Å². The summed E-state index contributed by atoms with van der Waals surface area (Å²) in [6.45, 7) is 1.99. The molecule has 2 N–H and O–H groups in total.